The first kappa shape index (κ1) is 26.7. The van der Waals surface area contributed by atoms with E-state index in [9.17, 15) is 21.6 Å². The summed E-state index contributed by atoms with van der Waals surface area (Å²) in [6.07, 6.45) is 2.99. The van der Waals surface area contributed by atoms with Gasteiger partial charge in [-0.05, 0) is 85.3 Å². The lowest BCUT2D eigenvalue weighted by Crippen LogP contribution is -2.29. The molecule has 2 heterocycles. The molecular formula is C27H28ClN3O5S2. The number of halogens is 1. The number of nitrogens with zero attached hydrogens (tertiary/aromatic N) is 2. The van der Waals surface area contributed by atoms with Crippen LogP contribution in [-0.2, 0) is 37.7 Å². The number of anilines is 2. The molecule has 2 aliphatic heterocycles. The van der Waals surface area contributed by atoms with Crippen LogP contribution in [0, 0.1) is 0 Å². The second-order valence-electron chi connectivity index (χ2n) is 9.43. The zero-order chi connectivity index (χ0) is 26.9. The third-order valence-electron chi connectivity index (χ3n) is 6.89. The third kappa shape index (κ3) is 5.44. The number of nitrogens with one attached hydrogen (secondary N) is 1. The molecule has 5 rings (SSSR count). The standard InChI is InChI=1S/C27H28ClN3O5S2/c28-22-7-12-25(13-8-22)38(35,36)31-18-15-21-6-9-23(19-26(21)31)29-27(32)14-5-20-3-10-24(11-4-20)37(33,34)30-16-1-2-17-30/h3-4,6-13,19H,1-2,5,14-18H2,(H,29,32). The zero-order valence-electron chi connectivity index (χ0n) is 20.6. The molecule has 8 nitrogen and oxygen atoms in total. The van der Waals surface area contributed by atoms with Crippen LogP contribution in [0.1, 0.15) is 30.4 Å². The molecule has 0 radical (unpaired) electrons. The molecule has 1 amide bonds. The minimum Gasteiger partial charge on any atom is -0.326 e. The van der Waals surface area contributed by atoms with Crippen LogP contribution in [0.15, 0.2) is 76.5 Å². The van der Waals surface area contributed by atoms with E-state index in [1.807, 2.05) is 6.07 Å². The topological polar surface area (TPSA) is 104 Å². The molecule has 0 aromatic heterocycles. The van der Waals surface area contributed by atoms with Crippen LogP contribution in [-0.4, -0.2) is 46.7 Å². The van der Waals surface area contributed by atoms with Crippen molar-refractivity contribution < 1.29 is 21.6 Å². The van der Waals surface area contributed by atoms with Crippen LogP contribution < -0.4 is 9.62 Å². The van der Waals surface area contributed by atoms with Crippen LogP contribution in [0.4, 0.5) is 11.4 Å². The van der Waals surface area contributed by atoms with Crippen LogP contribution in [0.5, 0.6) is 0 Å². The van der Waals surface area contributed by atoms with Gasteiger partial charge in [0.1, 0.15) is 0 Å². The summed E-state index contributed by atoms with van der Waals surface area (Å²) >= 11 is 5.91. The smallest absolute Gasteiger partial charge is 0.264 e. The number of hydrogen-bond acceptors (Lipinski definition) is 5. The fourth-order valence-electron chi connectivity index (χ4n) is 4.80. The Morgan fingerprint density at radius 2 is 1.45 bits per heavy atom. The monoisotopic (exact) mass is 573 g/mol. The van der Waals surface area contributed by atoms with E-state index in [0.717, 1.165) is 24.0 Å². The molecule has 1 N–H and O–H groups in total. The molecule has 0 saturated carbocycles. The molecule has 2 aliphatic rings. The Kier molecular flexibility index (Phi) is 7.50. The maximum Gasteiger partial charge on any atom is 0.264 e. The summed E-state index contributed by atoms with van der Waals surface area (Å²) in [5.74, 6) is -0.219. The predicted octanol–water partition coefficient (Wildman–Crippen LogP) is 4.45. The van der Waals surface area contributed by atoms with Crippen molar-refractivity contribution in [3.63, 3.8) is 0 Å². The molecule has 1 fully saturated rings. The van der Waals surface area contributed by atoms with Gasteiger partial charge in [-0.1, -0.05) is 29.8 Å². The molecule has 0 atom stereocenters. The minimum absolute atomic E-state index is 0.156. The van der Waals surface area contributed by atoms with Gasteiger partial charge >= 0.3 is 0 Å². The van der Waals surface area contributed by atoms with Crippen molar-refractivity contribution in [1.29, 1.82) is 0 Å². The fourth-order valence-corrected chi connectivity index (χ4v) is 7.94. The van der Waals surface area contributed by atoms with Crippen molar-refractivity contribution in [3.8, 4) is 0 Å². The van der Waals surface area contributed by atoms with E-state index >= 15 is 0 Å². The van der Waals surface area contributed by atoms with Crippen molar-refractivity contribution in [2.75, 3.05) is 29.3 Å². The summed E-state index contributed by atoms with van der Waals surface area (Å²) in [5, 5.41) is 3.31. The Balaban J connectivity index is 1.22. The van der Waals surface area contributed by atoms with E-state index < -0.39 is 20.0 Å². The third-order valence-corrected chi connectivity index (χ3v) is 10.9. The molecule has 3 aromatic rings. The number of carbonyl (C=O) groups is 1. The number of hydrogen-bond donors (Lipinski definition) is 1. The number of benzene rings is 3. The maximum absolute atomic E-state index is 13.2. The van der Waals surface area contributed by atoms with Crippen molar-refractivity contribution >= 4 is 48.9 Å². The lowest BCUT2D eigenvalue weighted by Gasteiger charge is -2.20. The van der Waals surface area contributed by atoms with Gasteiger partial charge in [0.25, 0.3) is 10.0 Å². The number of amides is 1. The maximum atomic E-state index is 13.2. The molecule has 0 aliphatic carbocycles. The molecular weight excluding hydrogens is 546 g/mol. The Labute approximate surface area is 228 Å². The second-order valence-corrected chi connectivity index (χ2v) is 13.7. The highest BCUT2D eigenvalue weighted by Crippen LogP contribution is 2.35. The van der Waals surface area contributed by atoms with Crippen LogP contribution in [0.2, 0.25) is 5.02 Å². The lowest BCUT2D eigenvalue weighted by atomic mass is 10.1. The van der Waals surface area contributed by atoms with E-state index in [0.29, 0.717) is 48.9 Å². The summed E-state index contributed by atoms with van der Waals surface area (Å²) in [6, 6.07) is 18.0. The molecule has 1 saturated heterocycles. The molecule has 0 spiro atoms. The SMILES string of the molecule is O=C(CCc1ccc(S(=O)(=O)N2CCCC2)cc1)Nc1ccc2c(c1)N(S(=O)(=O)c1ccc(Cl)cc1)CC2. The van der Waals surface area contributed by atoms with Crippen molar-refractivity contribution in [1.82, 2.24) is 4.31 Å². The molecule has 3 aromatic carbocycles. The van der Waals surface area contributed by atoms with E-state index in [1.165, 1.54) is 20.7 Å². The summed E-state index contributed by atoms with van der Waals surface area (Å²) in [5.41, 5.74) is 2.81. The Bertz CT molecular complexity index is 1550. The fraction of sp³-hybridized carbons (Fsp3) is 0.296. The van der Waals surface area contributed by atoms with Gasteiger partial charge in [0.15, 0.2) is 0 Å². The molecule has 11 heteroatoms. The first-order chi connectivity index (χ1) is 18.1. The van der Waals surface area contributed by atoms with Gasteiger partial charge in [0.2, 0.25) is 15.9 Å². The van der Waals surface area contributed by atoms with Gasteiger partial charge in [0.05, 0.1) is 15.5 Å². The van der Waals surface area contributed by atoms with E-state index in [2.05, 4.69) is 5.32 Å². The van der Waals surface area contributed by atoms with Crippen molar-refractivity contribution in [2.45, 2.75) is 41.9 Å². The highest BCUT2D eigenvalue weighted by Gasteiger charge is 2.31. The van der Waals surface area contributed by atoms with E-state index in [1.54, 1.807) is 48.5 Å². The average molecular weight is 574 g/mol. The predicted molar refractivity (Wildman–Crippen MR) is 148 cm³/mol. The van der Waals surface area contributed by atoms with Crippen LogP contribution in [0.3, 0.4) is 0 Å². The van der Waals surface area contributed by atoms with Crippen molar-refractivity contribution in [3.05, 3.63) is 82.9 Å². The van der Waals surface area contributed by atoms with Crippen LogP contribution in [0.25, 0.3) is 0 Å². The Morgan fingerprint density at radius 3 is 2.13 bits per heavy atom. The highest BCUT2D eigenvalue weighted by atomic mass is 35.5. The first-order valence-corrected chi connectivity index (χ1v) is 15.7. The Morgan fingerprint density at radius 1 is 0.816 bits per heavy atom. The van der Waals surface area contributed by atoms with Gasteiger partial charge in [-0.15, -0.1) is 0 Å². The van der Waals surface area contributed by atoms with Gasteiger partial charge in [0, 0.05) is 36.8 Å². The van der Waals surface area contributed by atoms with E-state index in [-0.39, 0.29) is 22.1 Å². The second kappa shape index (κ2) is 10.7. The quantitative estimate of drug-likeness (QED) is 0.429. The molecule has 38 heavy (non-hydrogen) atoms. The normalized spacial score (nSPS) is 16.0. The Hall–Kier alpha value is -2.92. The zero-order valence-corrected chi connectivity index (χ0v) is 23.0. The largest absolute Gasteiger partial charge is 0.326 e. The summed E-state index contributed by atoms with van der Waals surface area (Å²) in [6.45, 7) is 1.43. The molecule has 0 bridgehead atoms. The lowest BCUT2D eigenvalue weighted by molar-refractivity contribution is -0.116. The average Bonchev–Trinajstić information content (AvgIpc) is 3.59. The number of carbonyl (C=O) groups excluding carboxylic acids is 1. The number of sulfonamides is 2. The summed E-state index contributed by atoms with van der Waals surface area (Å²) < 4.78 is 54.7. The minimum atomic E-state index is -3.76. The number of aryl methyl sites for hydroxylation is 1. The van der Waals surface area contributed by atoms with Crippen LogP contribution >= 0.6 is 11.6 Å². The van der Waals surface area contributed by atoms with E-state index in [4.69, 9.17) is 11.6 Å². The summed E-state index contributed by atoms with van der Waals surface area (Å²) in [4.78, 5) is 13.1. The highest BCUT2D eigenvalue weighted by molar-refractivity contribution is 7.92. The van der Waals surface area contributed by atoms with Gasteiger partial charge in [-0.25, -0.2) is 16.8 Å². The number of fused-ring (bicyclic) bond motifs is 1. The van der Waals surface area contributed by atoms with Gasteiger partial charge in [-0.3, -0.25) is 9.10 Å². The summed E-state index contributed by atoms with van der Waals surface area (Å²) in [7, 11) is -7.23. The number of rotatable bonds is 8. The van der Waals surface area contributed by atoms with Gasteiger partial charge in [-0.2, -0.15) is 4.31 Å². The first-order valence-electron chi connectivity index (χ1n) is 12.4. The van der Waals surface area contributed by atoms with Crippen molar-refractivity contribution in [2.24, 2.45) is 0 Å². The van der Waals surface area contributed by atoms with Gasteiger partial charge < -0.3 is 5.32 Å². The molecule has 0 unspecified atom stereocenters. The molecule has 200 valence electrons.